The van der Waals surface area contributed by atoms with Gasteiger partial charge in [-0.1, -0.05) is 40.0 Å². The lowest BCUT2D eigenvalue weighted by molar-refractivity contribution is -0.124. The summed E-state index contributed by atoms with van der Waals surface area (Å²) < 4.78 is 10.5. The van der Waals surface area contributed by atoms with Gasteiger partial charge in [0, 0.05) is 45.1 Å². The fraction of sp³-hybridized carbons (Fsp3) is 0.923. The summed E-state index contributed by atoms with van der Waals surface area (Å²) in [4.78, 5) is 23.2. The Hall–Kier alpha value is -0.940. The molecular weight excluding hydrogens is 390 g/mol. The van der Waals surface area contributed by atoms with Crippen LogP contribution in [0, 0.1) is 11.8 Å². The van der Waals surface area contributed by atoms with Crippen molar-refractivity contribution in [3.05, 3.63) is 0 Å². The molecule has 0 unspecified atom stereocenters. The van der Waals surface area contributed by atoms with Crippen LogP contribution in [-0.4, -0.2) is 44.2 Å². The van der Waals surface area contributed by atoms with E-state index >= 15 is 0 Å². The van der Waals surface area contributed by atoms with Gasteiger partial charge in [0.2, 0.25) is 5.91 Å². The van der Waals surface area contributed by atoms with Crippen molar-refractivity contribution in [3.8, 4) is 0 Å². The van der Waals surface area contributed by atoms with Gasteiger partial charge in [0.05, 0.1) is 6.10 Å². The van der Waals surface area contributed by atoms with Gasteiger partial charge in [0.1, 0.15) is 5.78 Å². The molecule has 0 aromatic rings. The van der Waals surface area contributed by atoms with E-state index in [2.05, 4.69) is 19.2 Å². The van der Waals surface area contributed by atoms with Gasteiger partial charge in [-0.2, -0.15) is 0 Å². The van der Waals surface area contributed by atoms with Gasteiger partial charge >= 0.3 is 0 Å². The third-order valence-electron chi connectivity index (χ3n) is 6.04. The van der Waals surface area contributed by atoms with Crippen molar-refractivity contribution in [2.24, 2.45) is 11.8 Å². The van der Waals surface area contributed by atoms with E-state index in [0.29, 0.717) is 31.3 Å². The number of ether oxygens (including phenoxy) is 2. The van der Waals surface area contributed by atoms with Gasteiger partial charge in [-0.25, -0.2) is 0 Å². The third kappa shape index (κ3) is 15.5. The first-order valence-electron chi connectivity index (χ1n) is 12.9. The molecule has 2 aliphatic rings. The molecule has 2 rings (SSSR count). The summed E-state index contributed by atoms with van der Waals surface area (Å²) in [5, 5.41) is 3.05. The highest BCUT2D eigenvalue weighted by molar-refractivity contribution is 5.80. The highest BCUT2D eigenvalue weighted by Gasteiger charge is 2.25. The van der Waals surface area contributed by atoms with Gasteiger partial charge in [0.15, 0.2) is 0 Å². The van der Waals surface area contributed by atoms with Crippen molar-refractivity contribution >= 4 is 11.7 Å². The second kappa shape index (κ2) is 19.7. The molecule has 0 aromatic heterocycles. The minimum absolute atomic E-state index is 0.109. The molecule has 0 heterocycles. The first-order valence-corrected chi connectivity index (χ1v) is 12.9. The normalized spacial score (nSPS) is 21.4. The van der Waals surface area contributed by atoms with E-state index in [1.165, 1.54) is 32.1 Å². The Morgan fingerprint density at radius 1 is 0.968 bits per heavy atom. The third-order valence-corrected chi connectivity index (χ3v) is 6.04. The maximum Gasteiger partial charge on any atom is 0.220 e. The van der Waals surface area contributed by atoms with Gasteiger partial charge in [-0.15, -0.1) is 0 Å². The number of amides is 1. The first kappa shape index (κ1) is 30.1. The monoisotopic (exact) mass is 441 g/mol. The van der Waals surface area contributed by atoms with Crippen LogP contribution in [0.15, 0.2) is 0 Å². The van der Waals surface area contributed by atoms with Crippen LogP contribution in [-0.2, 0) is 19.1 Å². The quantitative estimate of drug-likeness (QED) is 0.417. The number of ketones is 1. The summed E-state index contributed by atoms with van der Waals surface area (Å²) in [6.07, 6.45) is 13.2. The summed E-state index contributed by atoms with van der Waals surface area (Å²) in [5.41, 5.74) is 0. The minimum atomic E-state index is 0.109. The van der Waals surface area contributed by atoms with Crippen molar-refractivity contribution in [3.63, 3.8) is 0 Å². The molecule has 0 spiro atoms. The van der Waals surface area contributed by atoms with Gasteiger partial charge in [-0.05, 0) is 64.7 Å². The number of nitrogens with one attached hydrogen (secondary N) is 1. The second-order valence-electron chi connectivity index (χ2n) is 8.92. The van der Waals surface area contributed by atoms with Crippen LogP contribution < -0.4 is 5.32 Å². The van der Waals surface area contributed by atoms with E-state index in [0.717, 1.165) is 44.6 Å². The fourth-order valence-electron chi connectivity index (χ4n) is 4.21. The number of carbonyl (C=O) groups excluding carboxylic acids is 2. The maximum absolute atomic E-state index is 11.6. The molecule has 0 bridgehead atoms. The van der Waals surface area contributed by atoms with E-state index in [-0.39, 0.29) is 17.9 Å². The average molecular weight is 442 g/mol. The maximum atomic E-state index is 11.6. The number of hydrogen-bond acceptors (Lipinski definition) is 4. The Kier molecular flexibility index (Phi) is 19.1. The van der Waals surface area contributed by atoms with Crippen molar-refractivity contribution < 1.29 is 19.1 Å². The van der Waals surface area contributed by atoms with Crippen molar-refractivity contribution in [2.75, 3.05) is 20.3 Å². The molecule has 184 valence electrons. The Morgan fingerprint density at radius 3 is 2.10 bits per heavy atom. The predicted molar refractivity (Wildman–Crippen MR) is 129 cm³/mol. The fourth-order valence-corrected chi connectivity index (χ4v) is 4.21. The number of hydrogen-bond donors (Lipinski definition) is 1. The minimum Gasteiger partial charge on any atom is -0.385 e. The van der Waals surface area contributed by atoms with Crippen LogP contribution in [0.3, 0.4) is 0 Å². The largest absolute Gasteiger partial charge is 0.385 e. The first-order chi connectivity index (χ1) is 15.0. The Balaban J connectivity index is 0.000000591. The molecular formula is C26H51NO4. The molecule has 2 fully saturated rings. The summed E-state index contributed by atoms with van der Waals surface area (Å²) in [7, 11) is 1.64. The van der Waals surface area contributed by atoms with E-state index in [9.17, 15) is 9.59 Å². The molecule has 2 saturated carbocycles. The smallest absolute Gasteiger partial charge is 0.220 e. The molecule has 0 aliphatic heterocycles. The molecule has 0 radical (unpaired) electrons. The molecule has 2 aliphatic carbocycles. The Morgan fingerprint density at radius 2 is 1.58 bits per heavy atom. The number of carbonyl (C=O) groups is 2. The molecule has 31 heavy (non-hydrogen) atoms. The van der Waals surface area contributed by atoms with Gasteiger partial charge in [-0.3, -0.25) is 9.59 Å². The van der Waals surface area contributed by atoms with Gasteiger partial charge in [0.25, 0.3) is 0 Å². The number of Topliss-reactive ketones (excluding diaryl/α,β-unsaturated/α-hetero) is 1. The summed E-state index contributed by atoms with van der Waals surface area (Å²) in [5.74, 6) is 1.58. The summed E-state index contributed by atoms with van der Waals surface area (Å²) in [6, 6.07) is 0.265. The van der Waals surface area contributed by atoms with Crippen molar-refractivity contribution in [1.82, 2.24) is 5.32 Å². The molecule has 0 atom stereocenters. The molecule has 0 aromatic carbocycles. The Bertz CT molecular complexity index is 439. The molecule has 5 nitrogen and oxygen atoms in total. The highest BCUT2D eigenvalue weighted by atomic mass is 16.5. The highest BCUT2D eigenvalue weighted by Crippen LogP contribution is 2.26. The SMILES string of the molecule is CC.CC(C)OCC1CCCCC1.CCC(=O)C1CCC(NC(=O)CCCOC)CC1. The second-order valence-corrected chi connectivity index (χ2v) is 8.92. The average Bonchev–Trinajstić information content (AvgIpc) is 2.80. The standard InChI is InChI=1S/C14H25NO3.C10H20O.C2H6/c1-3-13(16)11-6-8-12(9-7-11)15-14(17)5-4-10-18-2;1-9(2)11-8-10-6-4-3-5-7-10;1-2/h11-12H,3-10H2,1-2H3,(H,15,17);9-10H,3-8H2,1-2H3;1-2H3. The lowest BCUT2D eigenvalue weighted by Crippen LogP contribution is -2.38. The van der Waals surface area contributed by atoms with Crippen molar-refractivity contribution in [2.45, 2.75) is 124 Å². The zero-order valence-corrected chi connectivity index (χ0v) is 21.3. The van der Waals surface area contributed by atoms with E-state index in [1.807, 2.05) is 20.8 Å². The zero-order chi connectivity index (χ0) is 23.5. The van der Waals surface area contributed by atoms with Crippen LogP contribution in [0.25, 0.3) is 0 Å². The summed E-state index contributed by atoms with van der Waals surface area (Å²) in [6.45, 7) is 11.8. The van der Waals surface area contributed by atoms with Gasteiger partial charge < -0.3 is 14.8 Å². The molecule has 5 heteroatoms. The molecule has 1 N–H and O–H groups in total. The van der Waals surface area contributed by atoms with E-state index < -0.39 is 0 Å². The number of methoxy groups -OCH3 is 1. The van der Waals surface area contributed by atoms with E-state index in [1.54, 1.807) is 7.11 Å². The van der Waals surface area contributed by atoms with Crippen LogP contribution in [0.1, 0.15) is 112 Å². The molecule has 1 amide bonds. The topological polar surface area (TPSA) is 64.6 Å². The van der Waals surface area contributed by atoms with Crippen LogP contribution in [0.4, 0.5) is 0 Å². The Labute approximate surface area is 192 Å². The van der Waals surface area contributed by atoms with E-state index in [4.69, 9.17) is 9.47 Å². The number of rotatable bonds is 10. The van der Waals surface area contributed by atoms with Crippen LogP contribution >= 0.6 is 0 Å². The lowest BCUT2D eigenvalue weighted by Gasteiger charge is -2.28. The lowest BCUT2D eigenvalue weighted by atomic mass is 9.83. The zero-order valence-electron chi connectivity index (χ0n) is 21.3. The van der Waals surface area contributed by atoms with Crippen molar-refractivity contribution in [1.29, 1.82) is 0 Å². The predicted octanol–water partition coefficient (Wildman–Crippen LogP) is 6.09. The molecule has 0 saturated heterocycles. The van der Waals surface area contributed by atoms with Crippen LogP contribution in [0.5, 0.6) is 0 Å². The summed E-state index contributed by atoms with van der Waals surface area (Å²) >= 11 is 0. The van der Waals surface area contributed by atoms with Crippen LogP contribution in [0.2, 0.25) is 0 Å².